The maximum absolute atomic E-state index is 11.9. The van der Waals surface area contributed by atoms with Crippen molar-refractivity contribution in [3.63, 3.8) is 0 Å². The van der Waals surface area contributed by atoms with Crippen molar-refractivity contribution >= 4 is 11.6 Å². The molecule has 0 aliphatic heterocycles. The first-order valence-corrected chi connectivity index (χ1v) is 4.20. The predicted molar refractivity (Wildman–Crippen MR) is 45.2 cm³/mol. The lowest BCUT2D eigenvalue weighted by atomic mass is 10.1. The fourth-order valence-corrected chi connectivity index (χ4v) is 1.12. The van der Waals surface area contributed by atoms with Crippen LogP contribution in [0.5, 0.6) is 5.75 Å². The fourth-order valence-electron chi connectivity index (χ4n) is 0.913. The minimum absolute atomic E-state index is 0.106. The Morgan fingerprint density at radius 2 is 2.13 bits per heavy atom. The van der Waals surface area contributed by atoms with E-state index in [1.54, 1.807) is 6.07 Å². The Morgan fingerprint density at radius 3 is 2.60 bits per heavy atom. The average molecular weight is 237 g/mol. The van der Waals surface area contributed by atoms with Gasteiger partial charge in [0.15, 0.2) is 5.75 Å². The van der Waals surface area contributed by atoms with E-state index in [0.717, 1.165) is 6.20 Å². The van der Waals surface area contributed by atoms with Crippen molar-refractivity contribution in [3.05, 3.63) is 23.5 Å². The largest absolute Gasteiger partial charge is 0.573 e. The SMILES string of the molecule is N#Cc1c(CCl)cncc1OC(F)(F)F. The third-order valence-corrected chi connectivity index (χ3v) is 1.76. The standard InChI is InChI=1S/C8H4ClF3N2O/c9-1-5-3-14-4-7(6(5)2-13)15-8(10,11)12/h3-4H,1H2. The summed E-state index contributed by atoms with van der Waals surface area (Å²) in [7, 11) is 0. The molecule has 0 radical (unpaired) electrons. The molecular weight excluding hydrogens is 233 g/mol. The van der Waals surface area contributed by atoms with E-state index < -0.39 is 12.1 Å². The number of nitrogens with zero attached hydrogens (tertiary/aromatic N) is 2. The van der Waals surface area contributed by atoms with Gasteiger partial charge < -0.3 is 4.74 Å². The van der Waals surface area contributed by atoms with Gasteiger partial charge in [-0.3, -0.25) is 4.98 Å². The van der Waals surface area contributed by atoms with Crippen molar-refractivity contribution in [1.82, 2.24) is 4.98 Å². The summed E-state index contributed by atoms with van der Waals surface area (Å²) in [6.45, 7) is 0. The van der Waals surface area contributed by atoms with E-state index in [1.165, 1.54) is 6.20 Å². The second-order valence-corrected chi connectivity index (χ2v) is 2.73. The van der Waals surface area contributed by atoms with E-state index in [4.69, 9.17) is 16.9 Å². The summed E-state index contributed by atoms with van der Waals surface area (Å²) in [6.07, 6.45) is -2.81. The van der Waals surface area contributed by atoms with Gasteiger partial charge >= 0.3 is 6.36 Å². The number of rotatable bonds is 2. The van der Waals surface area contributed by atoms with Crippen LogP contribution in [-0.4, -0.2) is 11.3 Å². The number of halogens is 4. The maximum Gasteiger partial charge on any atom is 0.573 e. The van der Waals surface area contributed by atoms with Crippen LogP contribution in [0.15, 0.2) is 12.4 Å². The first-order chi connectivity index (χ1) is 6.98. The summed E-state index contributed by atoms with van der Waals surface area (Å²) in [6, 6.07) is 1.59. The molecular formula is C8H4ClF3N2O. The van der Waals surface area contributed by atoms with Gasteiger partial charge in [-0.25, -0.2) is 0 Å². The average Bonchev–Trinajstić information content (AvgIpc) is 2.15. The van der Waals surface area contributed by atoms with Gasteiger partial charge in [-0.15, -0.1) is 24.8 Å². The van der Waals surface area contributed by atoms with Crippen LogP contribution in [-0.2, 0) is 5.88 Å². The molecule has 0 fully saturated rings. The van der Waals surface area contributed by atoms with Gasteiger partial charge in [0.2, 0.25) is 0 Å². The van der Waals surface area contributed by atoms with Crippen LogP contribution in [0.4, 0.5) is 13.2 Å². The topological polar surface area (TPSA) is 45.9 Å². The first kappa shape index (κ1) is 11.6. The summed E-state index contributed by atoms with van der Waals surface area (Å²) in [5, 5.41) is 8.64. The van der Waals surface area contributed by atoms with Crippen LogP contribution in [0.3, 0.4) is 0 Å². The zero-order valence-electron chi connectivity index (χ0n) is 7.18. The van der Waals surface area contributed by atoms with Crippen molar-refractivity contribution in [1.29, 1.82) is 5.26 Å². The highest BCUT2D eigenvalue weighted by atomic mass is 35.5. The Balaban J connectivity index is 3.14. The van der Waals surface area contributed by atoms with Gasteiger partial charge in [-0.1, -0.05) is 0 Å². The van der Waals surface area contributed by atoms with Crippen molar-refractivity contribution in [2.24, 2.45) is 0 Å². The molecule has 15 heavy (non-hydrogen) atoms. The van der Waals surface area contributed by atoms with E-state index >= 15 is 0 Å². The molecule has 0 aliphatic carbocycles. The molecule has 0 unspecified atom stereocenters. The fraction of sp³-hybridized carbons (Fsp3) is 0.250. The van der Waals surface area contributed by atoms with Crippen LogP contribution < -0.4 is 4.74 Å². The third-order valence-electron chi connectivity index (χ3n) is 1.47. The third kappa shape index (κ3) is 2.99. The Hall–Kier alpha value is -1.48. The molecule has 0 aliphatic rings. The molecule has 1 aromatic heterocycles. The molecule has 0 amide bonds. The summed E-state index contributed by atoms with van der Waals surface area (Å²) in [5.74, 6) is -0.742. The Bertz CT molecular complexity index is 400. The van der Waals surface area contributed by atoms with Crippen molar-refractivity contribution < 1.29 is 17.9 Å². The minimum Gasteiger partial charge on any atom is -0.403 e. The summed E-state index contributed by atoms with van der Waals surface area (Å²) >= 11 is 5.43. The molecule has 0 aromatic carbocycles. The highest BCUT2D eigenvalue weighted by molar-refractivity contribution is 6.17. The predicted octanol–water partition coefficient (Wildman–Crippen LogP) is 2.59. The molecule has 0 saturated heterocycles. The molecule has 0 N–H and O–H groups in total. The molecule has 1 rings (SSSR count). The molecule has 1 aromatic rings. The number of ether oxygens (including phenoxy) is 1. The molecule has 0 saturated carbocycles. The molecule has 3 nitrogen and oxygen atoms in total. The van der Waals surface area contributed by atoms with Gasteiger partial charge in [0.1, 0.15) is 11.6 Å². The number of pyridine rings is 1. The van der Waals surface area contributed by atoms with E-state index in [-0.39, 0.29) is 17.0 Å². The lowest BCUT2D eigenvalue weighted by Crippen LogP contribution is -2.18. The number of hydrogen-bond donors (Lipinski definition) is 0. The smallest absolute Gasteiger partial charge is 0.403 e. The molecule has 1 heterocycles. The molecule has 0 bridgehead atoms. The van der Waals surface area contributed by atoms with Crippen LogP contribution in [0, 0.1) is 11.3 Å². The maximum atomic E-state index is 11.9. The number of nitriles is 1. The first-order valence-electron chi connectivity index (χ1n) is 3.66. The van der Waals surface area contributed by atoms with Gasteiger partial charge in [0, 0.05) is 11.8 Å². The van der Waals surface area contributed by atoms with Gasteiger partial charge in [-0.05, 0) is 0 Å². The molecule has 0 atom stereocenters. The normalized spacial score (nSPS) is 10.9. The summed E-state index contributed by atoms with van der Waals surface area (Å²) < 4.78 is 39.3. The number of hydrogen-bond acceptors (Lipinski definition) is 3. The lowest BCUT2D eigenvalue weighted by Gasteiger charge is -2.10. The number of alkyl halides is 4. The van der Waals surface area contributed by atoms with E-state index in [0.29, 0.717) is 0 Å². The molecule has 0 spiro atoms. The van der Waals surface area contributed by atoms with E-state index in [2.05, 4.69) is 9.72 Å². The van der Waals surface area contributed by atoms with Gasteiger partial charge in [-0.2, -0.15) is 5.26 Å². The van der Waals surface area contributed by atoms with Gasteiger partial charge in [0.25, 0.3) is 0 Å². The lowest BCUT2D eigenvalue weighted by molar-refractivity contribution is -0.274. The Kier molecular flexibility index (Phi) is 3.37. The van der Waals surface area contributed by atoms with Crippen LogP contribution in [0.1, 0.15) is 11.1 Å². The van der Waals surface area contributed by atoms with E-state index in [1.807, 2.05) is 0 Å². The zero-order chi connectivity index (χ0) is 11.5. The Morgan fingerprint density at radius 1 is 1.47 bits per heavy atom. The second kappa shape index (κ2) is 4.36. The second-order valence-electron chi connectivity index (χ2n) is 2.46. The van der Waals surface area contributed by atoms with Crippen LogP contribution in [0.25, 0.3) is 0 Å². The van der Waals surface area contributed by atoms with Crippen molar-refractivity contribution in [2.75, 3.05) is 0 Å². The zero-order valence-corrected chi connectivity index (χ0v) is 7.93. The minimum atomic E-state index is -4.85. The highest BCUT2D eigenvalue weighted by Crippen LogP contribution is 2.27. The summed E-state index contributed by atoms with van der Waals surface area (Å²) in [4.78, 5) is 3.49. The molecule has 80 valence electrons. The highest BCUT2D eigenvalue weighted by Gasteiger charge is 2.32. The van der Waals surface area contributed by atoms with Crippen molar-refractivity contribution in [3.8, 4) is 11.8 Å². The summed E-state index contributed by atoms with van der Waals surface area (Å²) in [5.41, 5.74) is -0.0572. The van der Waals surface area contributed by atoms with Gasteiger partial charge in [0.05, 0.1) is 12.1 Å². The Labute approximate surface area is 88.1 Å². The van der Waals surface area contributed by atoms with Crippen LogP contribution in [0.2, 0.25) is 0 Å². The van der Waals surface area contributed by atoms with Crippen molar-refractivity contribution in [2.45, 2.75) is 12.2 Å². The monoisotopic (exact) mass is 236 g/mol. The number of aromatic nitrogens is 1. The molecule has 7 heteroatoms. The quantitative estimate of drug-likeness (QED) is 0.742. The van der Waals surface area contributed by atoms with E-state index in [9.17, 15) is 13.2 Å². The van der Waals surface area contributed by atoms with Crippen LogP contribution >= 0.6 is 11.6 Å².